The zero-order valence-electron chi connectivity index (χ0n) is 11.3. The first-order chi connectivity index (χ1) is 10.1. The number of anilines is 1. The Morgan fingerprint density at radius 3 is 2.52 bits per heavy atom. The monoisotopic (exact) mass is 318 g/mol. The molecule has 0 fully saturated rings. The molecule has 0 bridgehead atoms. The van der Waals surface area contributed by atoms with Gasteiger partial charge in [0.05, 0.1) is 10.0 Å². The second-order valence-corrected chi connectivity index (χ2v) is 5.38. The maximum atomic E-state index is 6.24. The number of halogens is 2. The van der Waals surface area contributed by atoms with Crippen LogP contribution in [0.3, 0.4) is 0 Å². The largest absolute Gasteiger partial charge is 0.383 e. The molecule has 2 heterocycles. The van der Waals surface area contributed by atoms with Gasteiger partial charge in [0.25, 0.3) is 0 Å². The molecule has 0 amide bonds. The first-order valence-electron chi connectivity index (χ1n) is 6.46. The van der Waals surface area contributed by atoms with Crippen LogP contribution in [0, 0.1) is 0 Å². The van der Waals surface area contributed by atoms with Crippen molar-refractivity contribution in [1.82, 2.24) is 15.0 Å². The maximum Gasteiger partial charge on any atom is 0.165 e. The Morgan fingerprint density at radius 1 is 1.14 bits per heavy atom. The van der Waals surface area contributed by atoms with Crippen LogP contribution in [0.15, 0.2) is 30.5 Å². The van der Waals surface area contributed by atoms with Crippen LogP contribution >= 0.6 is 23.2 Å². The van der Waals surface area contributed by atoms with Gasteiger partial charge in [0.1, 0.15) is 11.6 Å². The highest BCUT2D eigenvalue weighted by Crippen LogP contribution is 2.37. The van der Waals surface area contributed by atoms with Gasteiger partial charge in [-0.15, -0.1) is 0 Å². The van der Waals surface area contributed by atoms with E-state index in [1.54, 1.807) is 24.4 Å². The summed E-state index contributed by atoms with van der Waals surface area (Å²) in [4.78, 5) is 13.0. The van der Waals surface area contributed by atoms with Gasteiger partial charge in [-0.3, -0.25) is 0 Å². The number of fused-ring (bicyclic) bond motifs is 1. The molecule has 3 aromatic rings. The van der Waals surface area contributed by atoms with E-state index in [2.05, 4.69) is 15.0 Å². The molecule has 0 radical (unpaired) electrons. The fourth-order valence-electron chi connectivity index (χ4n) is 2.14. The molecule has 106 valence electrons. The van der Waals surface area contributed by atoms with Crippen LogP contribution in [-0.2, 0) is 6.42 Å². The third-order valence-corrected chi connectivity index (χ3v) is 3.83. The van der Waals surface area contributed by atoms with Crippen molar-refractivity contribution in [2.75, 3.05) is 5.73 Å². The predicted octanol–water partition coefficient (Wildman–Crippen LogP) is 4.14. The molecular weight excluding hydrogens is 307 g/mol. The third-order valence-electron chi connectivity index (χ3n) is 3.20. The predicted molar refractivity (Wildman–Crippen MR) is 86.6 cm³/mol. The van der Waals surface area contributed by atoms with E-state index in [0.717, 1.165) is 17.6 Å². The normalized spacial score (nSPS) is 11.0. The van der Waals surface area contributed by atoms with E-state index in [9.17, 15) is 0 Å². The van der Waals surface area contributed by atoms with Crippen LogP contribution < -0.4 is 5.73 Å². The molecule has 0 aliphatic carbocycles. The Kier molecular flexibility index (Phi) is 3.66. The van der Waals surface area contributed by atoms with E-state index in [1.807, 2.05) is 13.0 Å². The Bertz CT molecular complexity index is 813. The number of hydrogen-bond donors (Lipinski definition) is 1. The summed E-state index contributed by atoms with van der Waals surface area (Å²) >= 11 is 12.5. The standard InChI is InChI=1S/C15H12Cl2N4/c1-2-12-19-7-8-6-9(14(18)21-15(8)20-12)13-10(16)4-3-5-11(13)17/h3-7H,2H2,1H3,(H2,18,19,20,21). The smallest absolute Gasteiger partial charge is 0.165 e. The second-order valence-electron chi connectivity index (χ2n) is 4.57. The van der Waals surface area contributed by atoms with E-state index < -0.39 is 0 Å². The zero-order valence-corrected chi connectivity index (χ0v) is 12.8. The Hall–Kier alpha value is -1.91. The summed E-state index contributed by atoms with van der Waals surface area (Å²) in [6.45, 7) is 1.99. The topological polar surface area (TPSA) is 64.7 Å². The summed E-state index contributed by atoms with van der Waals surface area (Å²) in [7, 11) is 0. The molecule has 6 heteroatoms. The van der Waals surface area contributed by atoms with Gasteiger partial charge in [0.2, 0.25) is 0 Å². The number of aryl methyl sites for hydroxylation is 1. The van der Waals surface area contributed by atoms with Crippen molar-refractivity contribution in [2.24, 2.45) is 0 Å². The van der Waals surface area contributed by atoms with E-state index in [4.69, 9.17) is 28.9 Å². The lowest BCUT2D eigenvalue weighted by molar-refractivity contribution is 0.954. The van der Waals surface area contributed by atoms with Crippen molar-refractivity contribution in [1.29, 1.82) is 0 Å². The van der Waals surface area contributed by atoms with Crippen LogP contribution in [0.5, 0.6) is 0 Å². The third kappa shape index (κ3) is 2.52. The lowest BCUT2D eigenvalue weighted by Gasteiger charge is -2.10. The Balaban J connectivity index is 2.27. The number of aromatic nitrogens is 3. The molecule has 0 saturated carbocycles. The molecule has 3 rings (SSSR count). The molecule has 21 heavy (non-hydrogen) atoms. The fraction of sp³-hybridized carbons (Fsp3) is 0.133. The summed E-state index contributed by atoms with van der Waals surface area (Å²) in [5, 5.41) is 1.86. The van der Waals surface area contributed by atoms with Gasteiger partial charge in [-0.05, 0) is 18.2 Å². The minimum atomic E-state index is 0.346. The van der Waals surface area contributed by atoms with Gasteiger partial charge in [-0.25, -0.2) is 15.0 Å². The number of hydrogen-bond acceptors (Lipinski definition) is 4. The van der Waals surface area contributed by atoms with E-state index in [0.29, 0.717) is 32.6 Å². The minimum Gasteiger partial charge on any atom is -0.383 e. The van der Waals surface area contributed by atoms with Crippen LogP contribution in [0.4, 0.5) is 5.82 Å². The highest BCUT2D eigenvalue weighted by atomic mass is 35.5. The summed E-state index contributed by atoms with van der Waals surface area (Å²) in [5.74, 6) is 1.08. The van der Waals surface area contributed by atoms with E-state index >= 15 is 0 Å². The quantitative estimate of drug-likeness (QED) is 0.771. The Morgan fingerprint density at radius 2 is 1.86 bits per heavy atom. The van der Waals surface area contributed by atoms with E-state index in [-0.39, 0.29) is 0 Å². The minimum absolute atomic E-state index is 0.346. The summed E-state index contributed by atoms with van der Waals surface area (Å²) in [6, 6.07) is 7.19. The van der Waals surface area contributed by atoms with Crippen molar-refractivity contribution in [3.05, 3.63) is 46.3 Å². The number of nitrogen functional groups attached to an aromatic ring is 1. The lowest BCUT2D eigenvalue weighted by Crippen LogP contribution is -2.00. The molecule has 0 saturated heterocycles. The molecule has 0 aliphatic heterocycles. The van der Waals surface area contributed by atoms with Crippen molar-refractivity contribution in [2.45, 2.75) is 13.3 Å². The van der Waals surface area contributed by atoms with Crippen molar-refractivity contribution < 1.29 is 0 Å². The van der Waals surface area contributed by atoms with Gasteiger partial charge in [-0.2, -0.15) is 0 Å². The van der Waals surface area contributed by atoms with Crippen molar-refractivity contribution in [3.63, 3.8) is 0 Å². The van der Waals surface area contributed by atoms with Crippen LogP contribution in [0.1, 0.15) is 12.7 Å². The molecule has 0 aliphatic rings. The van der Waals surface area contributed by atoms with Gasteiger partial charge in [-0.1, -0.05) is 36.2 Å². The number of rotatable bonds is 2. The zero-order chi connectivity index (χ0) is 15.0. The van der Waals surface area contributed by atoms with Crippen LogP contribution in [-0.4, -0.2) is 15.0 Å². The molecule has 0 spiro atoms. The van der Waals surface area contributed by atoms with Crippen molar-refractivity contribution in [3.8, 4) is 11.1 Å². The second kappa shape index (κ2) is 5.47. The molecular formula is C15H12Cl2N4. The summed E-state index contributed by atoms with van der Waals surface area (Å²) in [6.07, 6.45) is 2.48. The van der Waals surface area contributed by atoms with Crippen LogP contribution in [0.25, 0.3) is 22.2 Å². The highest BCUT2D eigenvalue weighted by Gasteiger charge is 2.14. The maximum absolute atomic E-state index is 6.24. The summed E-state index contributed by atoms with van der Waals surface area (Å²) < 4.78 is 0. The molecule has 1 aromatic carbocycles. The van der Waals surface area contributed by atoms with Gasteiger partial charge < -0.3 is 5.73 Å². The lowest BCUT2D eigenvalue weighted by atomic mass is 10.1. The molecule has 0 atom stereocenters. The molecule has 0 unspecified atom stereocenters. The molecule has 2 aromatic heterocycles. The molecule has 4 nitrogen and oxygen atoms in total. The summed E-state index contributed by atoms with van der Waals surface area (Å²) in [5.41, 5.74) is 7.99. The van der Waals surface area contributed by atoms with E-state index in [1.165, 1.54) is 0 Å². The number of benzene rings is 1. The molecule has 2 N–H and O–H groups in total. The fourth-order valence-corrected chi connectivity index (χ4v) is 2.74. The number of nitrogens with two attached hydrogens (primary N) is 1. The first kappa shape index (κ1) is 14.0. The van der Waals surface area contributed by atoms with Gasteiger partial charge in [0.15, 0.2) is 5.65 Å². The Labute approximate surface area is 132 Å². The highest BCUT2D eigenvalue weighted by molar-refractivity contribution is 6.39. The first-order valence-corrected chi connectivity index (χ1v) is 7.22. The van der Waals surface area contributed by atoms with Gasteiger partial charge >= 0.3 is 0 Å². The number of pyridine rings is 1. The number of nitrogens with zero attached hydrogens (tertiary/aromatic N) is 3. The van der Waals surface area contributed by atoms with Crippen molar-refractivity contribution >= 4 is 40.1 Å². The average Bonchev–Trinajstić information content (AvgIpc) is 2.47. The SMILES string of the molecule is CCc1ncc2cc(-c3c(Cl)cccc3Cl)c(N)nc2n1. The van der Waals surface area contributed by atoms with Crippen LogP contribution in [0.2, 0.25) is 10.0 Å². The van der Waals surface area contributed by atoms with Gasteiger partial charge in [0, 0.05) is 29.1 Å². The average molecular weight is 319 g/mol.